The van der Waals surface area contributed by atoms with Crippen molar-refractivity contribution in [3.63, 3.8) is 0 Å². The highest BCUT2D eigenvalue weighted by molar-refractivity contribution is 5.25. The van der Waals surface area contributed by atoms with Crippen molar-refractivity contribution in [3.05, 3.63) is 71.8 Å². The molecule has 0 aliphatic heterocycles. The predicted octanol–water partition coefficient (Wildman–Crippen LogP) is 4.79. The number of hydrogen-bond acceptors (Lipinski definition) is 2. The van der Waals surface area contributed by atoms with Gasteiger partial charge in [0.15, 0.2) is 0 Å². The van der Waals surface area contributed by atoms with Gasteiger partial charge < -0.3 is 0 Å². The third-order valence-electron chi connectivity index (χ3n) is 4.86. The Kier molecular flexibility index (Phi) is 5.10. The van der Waals surface area contributed by atoms with Gasteiger partial charge >= 0.3 is 0 Å². The molecule has 0 spiro atoms. The van der Waals surface area contributed by atoms with Gasteiger partial charge in [-0.1, -0.05) is 79.9 Å². The highest BCUT2D eigenvalue weighted by atomic mass is 15.0. The van der Waals surface area contributed by atoms with E-state index >= 15 is 0 Å². The second-order valence-corrected chi connectivity index (χ2v) is 6.55. The molecule has 1 N–H and O–H groups in total. The monoisotopic (exact) mass is 304 g/mol. The van der Waals surface area contributed by atoms with Gasteiger partial charge in [0.1, 0.15) is 5.54 Å². The zero-order chi connectivity index (χ0) is 16.0. The molecule has 1 atom stereocenters. The molecule has 118 valence electrons. The fourth-order valence-corrected chi connectivity index (χ4v) is 3.56. The summed E-state index contributed by atoms with van der Waals surface area (Å²) >= 11 is 0. The van der Waals surface area contributed by atoms with Crippen LogP contribution in [0.15, 0.2) is 60.7 Å². The van der Waals surface area contributed by atoms with E-state index in [2.05, 4.69) is 59.9 Å². The average Bonchev–Trinajstić information content (AvgIpc) is 2.64. The first-order chi connectivity index (χ1) is 11.3. The smallest absolute Gasteiger partial charge is 0.107 e. The zero-order valence-corrected chi connectivity index (χ0v) is 13.5. The van der Waals surface area contributed by atoms with Crippen molar-refractivity contribution < 1.29 is 0 Å². The Morgan fingerprint density at radius 2 is 1.52 bits per heavy atom. The highest BCUT2D eigenvalue weighted by Gasteiger charge is 2.34. The number of nitriles is 1. The molecule has 0 unspecified atom stereocenters. The molecular formula is C21H24N2. The molecule has 2 aromatic carbocycles. The molecule has 0 aromatic heterocycles. The minimum absolute atomic E-state index is 0.177. The largest absolute Gasteiger partial charge is 0.292 e. The van der Waals surface area contributed by atoms with Gasteiger partial charge in [0.2, 0.25) is 0 Å². The molecule has 2 aromatic rings. The van der Waals surface area contributed by atoms with Crippen LogP contribution >= 0.6 is 0 Å². The minimum Gasteiger partial charge on any atom is -0.292 e. The Labute approximate surface area is 139 Å². The van der Waals surface area contributed by atoms with Crippen LogP contribution < -0.4 is 5.32 Å². The van der Waals surface area contributed by atoms with E-state index < -0.39 is 0 Å². The fraction of sp³-hybridized carbons (Fsp3) is 0.381. The summed E-state index contributed by atoms with van der Waals surface area (Å²) in [7, 11) is 0. The van der Waals surface area contributed by atoms with Gasteiger partial charge in [0, 0.05) is 6.04 Å². The summed E-state index contributed by atoms with van der Waals surface area (Å²) in [5.74, 6) is 0. The van der Waals surface area contributed by atoms with Crippen LogP contribution in [-0.4, -0.2) is 5.54 Å². The van der Waals surface area contributed by atoms with Gasteiger partial charge in [-0.3, -0.25) is 5.32 Å². The van der Waals surface area contributed by atoms with Gasteiger partial charge in [-0.05, 0) is 30.4 Å². The van der Waals surface area contributed by atoms with Crippen LogP contribution in [0.5, 0.6) is 0 Å². The summed E-state index contributed by atoms with van der Waals surface area (Å²) in [5, 5.41) is 13.5. The summed E-state index contributed by atoms with van der Waals surface area (Å²) in [6.45, 7) is 0. The minimum atomic E-state index is -0.368. The van der Waals surface area contributed by atoms with E-state index in [9.17, 15) is 5.26 Å². The van der Waals surface area contributed by atoms with Gasteiger partial charge in [0.05, 0.1) is 6.07 Å². The first-order valence-electron chi connectivity index (χ1n) is 8.59. The van der Waals surface area contributed by atoms with Crippen LogP contribution in [0.1, 0.15) is 49.3 Å². The maximum atomic E-state index is 9.79. The third kappa shape index (κ3) is 4.00. The average molecular weight is 304 g/mol. The van der Waals surface area contributed by atoms with Gasteiger partial charge in [-0.25, -0.2) is 0 Å². The lowest BCUT2D eigenvalue weighted by atomic mass is 9.81. The number of nitrogens with one attached hydrogen (secondary N) is 1. The third-order valence-corrected chi connectivity index (χ3v) is 4.86. The van der Waals surface area contributed by atoms with Crippen LogP contribution in [0.3, 0.4) is 0 Å². The molecule has 23 heavy (non-hydrogen) atoms. The van der Waals surface area contributed by atoms with Crippen LogP contribution in [0.2, 0.25) is 0 Å². The number of hydrogen-bond donors (Lipinski definition) is 1. The van der Waals surface area contributed by atoms with E-state index in [0.717, 1.165) is 32.1 Å². The summed E-state index contributed by atoms with van der Waals surface area (Å²) in [6.07, 6.45) is 6.37. The summed E-state index contributed by atoms with van der Waals surface area (Å²) in [6, 6.07) is 23.8. The number of rotatable bonds is 5. The molecule has 0 amide bonds. The van der Waals surface area contributed by atoms with E-state index in [4.69, 9.17) is 0 Å². The molecule has 1 saturated carbocycles. The predicted molar refractivity (Wildman–Crippen MR) is 93.9 cm³/mol. The molecule has 1 aliphatic rings. The first-order valence-corrected chi connectivity index (χ1v) is 8.59. The summed E-state index contributed by atoms with van der Waals surface area (Å²) in [5.41, 5.74) is 2.20. The molecule has 1 aliphatic carbocycles. The molecule has 1 fully saturated rings. The highest BCUT2D eigenvalue weighted by Crippen LogP contribution is 2.31. The van der Waals surface area contributed by atoms with Crippen molar-refractivity contribution in [2.24, 2.45) is 0 Å². The SMILES string of the molecule is N#CC1(N[C@H](Cc2ccccc2)c2ccccc2)CCCCC1. The Hall–Kier alpha value is -2.11. The lowest BCUT2D eigenvalue weighted by Gasteiger charge is -2.36. The maximum Gasteiger partial charge on any atom is 0.107 e. The molecule has 2 heteroatoms. The fourth-order valence-electron chi connectivity index (χ4n) is 3.56. The molecule has 0 saturated heterocycles. The van der Waals surface area contributed by atoms with Crippen molar-refractivity contribution in [2.75, 3.05) is 0 Å². The van der Waals surface area contributed by atoms with E-state index in [1.165, 1.54) is 17.5 Å². The lowest BCUT2D eigenvalue weighted by Crippen LogP contribution is -2.47. The van der Waals surface area contributed by atoms with Gasteiger partial charge in [-0.2, -0.15) is 5.26 Å². The zero-order valence-electron chi connectivity index (χ0n) is 13.5. The molecule has 0 heterocycles. The Morgan fingerprint density at radius 1 is 0.913 bits per heavy atom. The molecule has 3 rings (SSSR count). The first kappa shape index (κ1) is 15.8. The second-order valence-electron chi connectivity index (χ2n) is 6.55. The molecular weight excluding hydrogens is 280 g/mol. The summed E-state index contributed by atoms with van der Waals surface area (Å²) < 4.78 is 0. The lowest BCUT2D eigenvalue weighted by molar-refractivity contribution is 0.267. The van der Waals surface area contributed by atoms with Gasteiger partial charge in [0.25, 0.3) is 0 Å². The quantitative estimate of drug-likeness (QED) is 0.862. The van der Waals surface area contributed by atoms with E-state index in [0.29, 0.717) is 0 Å². The molecule has 0 radical (unpaired) electrons. The normalized spacial score (nSPS) is 18.0. The second kappa shape index (κ2) is 7.44. The van der Waals surface area contributed by atoms with Gasteiger partial charge in [-0.15, -0.1) is 0 Å². The number of nitrogens with zero attached hydrogens (tertiary/aromatic N) is 1. The van der Waals surface area contributed by atoms with Crippen molar-refractivity contribution in [1.82, 2.24) is 5.32 Å². The van der Waals surface area contributed by atoms with Crippen molar-refractivity contribution >= 4 is 0 Å². The van der Waals surface area contributed by atoms with Crippen LogP contribution in [-0.2, 0) is 6.42 Å². The molecule has 0 bridgehead atoms. The van der Waals surface area contributed by atoms with Crippen LogP contribution in [0, 0.1) is 11.3 Å². The van der Waals surface area contributed by atoms with Crippen molar-refractivity contribution in [3.8, 4) is 6.07 Å². The van der Waals surface area contributed by atoms with E-state index in [1.54, 1.807) is 0 Å². The Bertz CT molecular complexity index is 637. The van der Waals surface area contributed by atoms with E-state index in [-0.39, 0.29) is 11.6 Å². The topological polar surface area (TPSA) is 35.8 Å². The Morgan fingerprint density at radius 3 is 2.13 bits per heavy atom. The van der Waals surface area contributed by atoms with Crippen molar-refractivity contribution in [2.45, 2.75) is 50.1 Å². The standard InChI is InChI=1S/C21H24N2/c22-17-21(14-8-3-9-15-21)23-20(19-12-6-2-7-13-19)16-18-10-4-1-5-11-18/h1-2,4-7,10-13,20,23H,3,8-9,14-16H2/t20-/m1/s1. The van der Waals surface area contributed by atoms with Crippen LogP contribution in [0.4, 0.5) is 0 Å². The van der Waals surface area contributed by atoms with Crippen LogP contribution in [0.25, 0.3) is 0 Å². The molecule has 2 nitrogen and oxygen atoms in total. The number of benzene rings is 2. The maximum absolute atomic E-state index is 9.79. The Balaban J connectivity index is 1.84. The van der Waals surface area contributed by atoms with E-state index in [1.807, 2.05) is 12.1 Å². The van der Waals surface area contributed by atoms with Crippen molar-refractivity contribution in [1.29, 1.82) is 5.26 Å². The summed E-state index contributed by atoms with van der Waals surface area (Å²) in [4.78, 5) is 0.